The molecule has 1 N–H and O–H groups in total. The van der Waals surface area contributed by atoms with Crippen molar-refractivity contribution in [3.63, 3.8) is 0 Å². The van der Waals surface area contributed by atoms with Crippen LogP contribution in [0.5, 0.6) is 5.75 Å². The molecule has 1 aromatic heterocycles. The van der Waals surface area contributed by atoms with E-state index in [0.717, 1.165) is 36.2 Å². The number of para-hydroxylation sites is 2. The Labute approximate surface area is 144 Å². The Hall–Kier alpha value is -2.30. The van der Waals surface area contributed by atoms with Gasteiger partial charge in [-0.15, -0.1) is 0 Å². The van der Waals surface area contributed by atoms with E-state index in [4.69, 9.17) is 9.72 Å². The van der Waals surface area contributed by atoms with Crippen LogP contribution in [0.4, 0.5) is 17.5 Å². The summed E-state index contributed by atoms with van der Waals surface area (Å²) < 4.78 is 5.67. The number of hydrogen-bond acceptors (Lipinski definition) is 5. The highest BCUT2D eigenvalue weighted by molar-refractivity contribution is 5.64. The third-order valence-electron chi connectivity index (χ3n) is 4.45. The van der Waals surface area contributed by atoms with Crippen molar-refractivity contribution < 1.29 is 4.74 Å². The van der Waals surface area contributed by atoms with Crippen LogP contribution in [-0.4, -0.2) is 29.2 Å². The summed E-state index contributed by atoms with van der Waals surface area (Å²) in [6.45, 7) is 5.90. The summed E-state index contributed by atoms with van der Waals surface area (Å²) in [6.07, 6.45) is 6.70. The van der Waals surface area contributed by atoms with Gasteiger partial charge in [-0.1, -0.05) is 19.1 Å². The van der Waals surface area contributed by atoms with Gasteiger partial charge in [0, 0.05) is 18.8 Å². The Morgan fingerprint density at radius 1 is 1.21 bits per heavy atom. The normalized spacial score (nSPS) is 17.6. The van der Waals surface area contributed by atoms with Gasteiger partial charge in [0.05, 0.1) is 12.3 Å². The molecular weight excluding hydrogens is 300 g/mol. The smallest absolute Gasteiger partial charge is 0.227 e. The van der Waals surface area contributed by atoms with Crippen LogP contribution in [0, 0.1) is 0 Å². The number of benzene rings is 1. The maximum Gasteiger partial charge on any atom is 0.227 e. The standard InChI is InChI=1S/C19H26N4O/c1-3-15-9-7-8-14-23(15)19-20-13-12-18(22-19)21-16-10-5-6-11-17(16)24-4-2/h5-6,10-13,15H,3-4,7-9,14H2,1-2H3,(H,20,21,22). The van der Waals surface area contributed by atoms with E-state index in [-0.39, 0.29) is 0 Å². The van der Waals surface area contributed by atoms with Crippen LogP contribution in [-0.2, 0) is 0 Å². The Kier molecular flexibility index (Phi) is 5.51. The van der Waals surface area contributed by atoms with Gasteiger partial charge in [0.1, 0.15) is 11.6 Å². The van der Waals surface area contributed by atoms with Crippen LogP contribution < -0.4 is 15.0 Å². The molecule has 2 heterocycles. The number of rotatable bonds is 6. The van der Waals surface area contributed by atoms with E-state index in [1.165, 1.54) is 19.3 Å². The Morgan fingerprint density at radius 3 is 2.92 bits per heavy atom. The topological polar surface area (TPSA) is 50.3 Å². The average molecular weight is 326 g/mol. The second-order valence-corrected chi connectivity index (χ2v) is 6.05. The van der Waals surface area contributed by atoms with Gasteiger partial charge in [-0.05, 0) is 50.8 Å². The number of anilines is 3. The Bertz CT molecular complexity index is 661. The predicted octanol–water partition coefficient (Wildman–Crippen LogP) is 4.39. The highest BCUT2D eigenvalue weighted by Crippen LogP contribution is 2.28. The molecule has 0 bridgehead atoms. The first kappa shape index (κ1) is 16.6. The van der Waals surface area contributed by atoms with E-state index in [0.29, 0.717) is 12.6 Å². The zero-order valence-corrected chi connectivity index (χ0v) is 14.5. The highest BCUT2D eigenvalue weighted by atomic mass is 16.5. The minimum Gasteiger partial charge on any atom is -0.492 e. The summed E-state index contributed by atoms with van der Waals surface area (Å²) in [6, 6.07) is 10.4. The molecule has 5 nitrogen and oxygen atoms in total. The van der Waals surface area contributed by atoms with E-state index >= 15 is 0 Å². The van der Waals surface area contributed by atoms with Gasteiger partial charge in [-0.25, -0.2) is 4.98 Å². The van der Waals surface area contributed by atoms with Crippen molar-refractivity contribution >= 4 is 17.5 Å². The van der Waals surface area contributed by atoms with Crippen LogP contribution in [0.1, 0.15) is 39.5 Å². The van der Waals surface area contributed by atoms with Gasteiger partial charge < -0.3 is 15.0 Å². The Balaban J connectivity index is 1.81. The van der Waals surface area contributed by atoms with Gasteiger partial charge >= 0.3 is 0 Å². The van der Waals surface area contributed by atoms with E-state index in [2.05, 4.69) is 22.1 Å². The first-order valence-corrected chi connectivity index (χ1v) is 8.90. The SMILES string of the molecule is CCOc1ccccc1Nc1ccnc(N2CCCCC2CC)n1. The number of nitrogens with one attached hydrogen (secondary N) is 1. The van der Waals surface area contributed by atoms with Gasteiger partial charge in [0.25, 0.3) is 0 Å². The lowest BCUT2D eigenvalue weighted by atomic mass is 10.0. The molecule has 0 aliphatic carbocycles. The summed E-state index contributed by atoms with van der Waals surface area (Å²) in [5.74, 6) is 2.46. The zero-order valence-electron chi connectivity index (χ0n) is 14.5. The molecule has 1 saturated heterocycles. The molecule has 128 valence electrons. The molecule has 3 rings (SSSR count). The van der Waals surface area contributed by atoms with E-state index in [1.54, 1.807) is 0 Å². The van der Waals surface area contributed by atoms with Crippen molar-refractivity contribution in [2.45, 2.75) is 45.6 Å². The first-order valence-electron chi connectivity index (χ1n) is 8.90. The first-order chi connectivity index (χ1) is 11.8. The average Bonchev–Trinajstić information content (AvgIpc) is 2.64. The molecular formula is C19H26N4O. The van der Waals surface area contributed by atoms with Crippen LogP contribution in [0.25, 0.3) is 0 Å². The number of nitrogens with zero attached hydrogens (tertiary/aromatic N) is 3. The van der Waals surface area contributed by atoms with Crippen LogP contribution in [0.15, 0.2) is 36.5 Å². The van der Waals surface area contributed by atoms with E-state index < -0.39 is 0 Å². The summed E-state index contributed by atoms with van der Waals surface area (Å²) in [4.78, 5) is 11.6. The number of ether oxygens (including phenoxy) is 1. The molecule has 24 heavy (non-hydrogen) atoms. The molecule has 0 radical (unpaired) electrons. The van der Waals surface area contributed by atoms with Gasteiger partial charge in [-0.3, -0.25) is 0 Å². The molecule has 1 aliphatic heterocycles. The molecule has 0 saturated carbocycles. The van der Waals surface area contributed by atoms with Crippen LogP contribution in [0.3, 0.4) is 0 Å². The van der Waals surface area contributed by atoms with Gasteiger partial charge in [0.2, 0.25) is 5.95 Å². The molecule has 1 unspecified atom stereocenters. The van der Waals surface area contributed by atoms with Crippen molar-refractivity contribution in [3.05, 3.63) is 36.5 Å². The quantitative estimate of drug-likeness (QED) is 0.853. The van der Waals surface area contributed by atoms with Crippen molar-refractivity contribution in [2.75, 3.05) is 23.4 Å². The fourth-order valence-corrected chi connectivity index (χ4v) is 3.23. The van der Waals surface area contributed by atoms with Gasteiger partial charge in [-0.2, -0.15) is 4.98 Å². The predicted molar refractivity (Wildman–Crippen MR) is 98.2 cm³/mol. The maximum absolute atomic E-state index is 5.67. The molecule has 1 aromatic carbocycles. The molecule has 0 amide bonds. The monoisotopic (exact) mass is 326 g/mol. The molecule has 5 heteroatoms. The largest absolute Gasteiger partial charge is 0.492 e. The lowest BCUT2D eigenvalue weighted by Gasteiger charge is -2.35. The Morgan fingerprint density at radius 2 is 2.08 bits per heavy atom. The van der Waals surface area contributed by atoms with Gasteiger partial charge in [0.15, 0.2) is 0 Å². The summed E-state index contributed by atoms with van der Waals surface area (Å²) >= 11 is 0. The molecule has 0 spiro atoms. The second-order valence-electron chi connectivity index (χ2n) is 6.05. The second kappa shape index (κ2) is 7.99. The highest BCUT2D eigenvalue weighted by Gasteiger charge is 2.23. The summed E-state index contributed by atoms with van der Waals surface area (Å²) in [5, 5.41) is 3.37. The van der Waals surface area contributed by atoms with Crippen LogP contribution >= 0.6 is 0 Å². The lowest BCUT2D eigenvalue weighted by molar-refractivity contribution is 0.342. The van der Waals surface area contributed by atoms with Crippen molar-refractivity contribution in [2.24, 2.45) is 0 Å². The summed E-state index contributed by atoms with van der Waals surface area (Å²) in [7, 11) is 0. The fraction of sp³-hybridized carbons (Fsp3) is 0.474. The number of aromatic nitrogens is 2. The third-order valence-corrected chi connectivity index (χ3v) is 4.45. The van der Waals surface area contributed by atoms with E-state index in [1.807, 2.05) is 43.5 Å². The summed E-state index contributed by atoms with van der Waals surface area (Å²) in [5.41, 5.74) is 0.926. The zero-order chi connectivity index (χ0) is 16.8. The van der Waals surface area contributed by atoms with Crippen LogP contribution in [0.2, 0.25) is 0 Å². The molecule has 1 fully saturated rings. The van der Waals surface area contributed by atoms with Crippen molar-refractivity contribution in [1.29, 1.82) is 0 Å². The minimum absolute atomic E-state index is 0.546. The number of piperidine rings is 1. The fourth-order valence-electron chi connectivity index (χ4n) is 3.23. The molecule has 2 aromatic rings. The van der Waals surface area contributed by atoms with E-state index in [9.17, 15) is 0 Å². The van der Waals surface area contributed by atoms with Crippen molar-refractivity contribution in [1.82, 2.24) is 9.97 Å². The molecule has 1 atom stereocenters. The van der Waals surface area contributed by atoms with Crippen molar-refractivity contribution in [3.8, 4) is 5.75 Å². The third kappa shape index (κ3) is 3.78. The maximum atomic E-state index is 5.67. The lowest BCUT2D eigenvalue weighted by Crippen LogP contribution is -2.40. The number of hydrogen-bond donors (Lipinski definition) is 1. The molecule has 1 aliphatic rings. The minimum atomic E-state index is 0.546.